The molecule has 1 amide bonds. The van der Waals surface area contributed by atoms with Gasteiger partial charge in [0.1, 0.15) is 6.61 Å². The Morgan fingerprint density at radius 3 is 2.50 bits per heavy atom. The van der Waals surface area contributed by atoms with E-state index in [-0.39, 0.29) is 12.6 Å². The number of carbonyl (C=O) groups excluding carboxylic acids is 2. The Morgan fingerprint density at radius 1 is 1.08 bits per heavy atom. The molecule has 0 bridgehead atoms. The van der Waals surface area contributed by atoms with Gasteiger partial charge in [-0.15, -0.1) is 0 Å². The van der Waals surface area contributed by atoms with Crippen molar-refractivity contribution in [3.8, 4) is 0 Å². The number of carbonyl (C=O) groups is 2. The van der Waals surface area contributed by atoms with Crippen molar-refractivity contribution in [1.82, 2.24) is 4.98 Å². The molecular formula is C21H18N2O3. The normalized spacial score (nSPS) is 13.5. The third kappa shape index (κ3) is 3.28. The fourth-order valence-electron chi connectivity index (χ4n) is 2.94. The van der Waals surface area contributed by atoms with Crippen LogP contribution >= 0.6 is 0 Å². The van der Waals surface area contributed by atoms with Crippen LogP contribution in [0.2, 0.25) is 0 Å². The molecule has 0 atom stereocenters. The number of amides is 1. The molecule has 130 valence electrons. The molecule has 1 aliphatic rings. The number of hydrogen-bond acceptors (Lipinski definition) is 4. The van der Waals surface area contributed by atoms with Crippen LogP contribution in [0.4, 0.5) is 0 Å². The first-order valence-electron chi connectivity index (χ1n) is 8.57. The Kier molecular flexibility index (Phi) is 4.13. The van der Waals surface area contributed by atoms with Gasteiger partial charge in [0.2, 0.25) is 5.91 Å². The van der Waals surface area contributed by atoms with E-state index in [0.717, 1.165) is 35.0 Å². The van der Waals surface area contributed by atoms with Crippen LogP contribution in [-0.2, 0) is 11.3 Å². The van der Waals surface area contributed by atoms with E-state index in [4.69, 9.17) is 10.5 Å². The van der Waals surface area contributed by atoms with Gasteiger partial charge in [-0.05, 0) is 42.7 Å². The largest absolute Gasteiger partial charge is 0.457 e. The first-order chi connectivity index (χ1) is 12.6. The molecule has 2 N–H and O–H groups in total. The van der Waals surface area contributed by atoms with Crippen LogP contribution in [0.25, 0.3) is 10.9 Å². The molecule has 4 rings (SSSR count). The number of benzene rings is 2. The molecule has 1 saturated carbocycles. The number of aromatic nitrogens is 1. The Bertz CT molecular complexity index is 992. The zero-order chi connectivity index (χ0) is 18.1. The molecule has 3 aromatic rings. The van der Waals surface area contributed by atoms with Crippen molar-refractivity contribution in [1.29, 1.82) is 0 Å². The average molecular weight is 346 g/mol. The van der Waals surface area contributed by atoms with E-state index < -0.39 is 5.91 Å². The predicted molar refractivity (Wildman–Crippen MR) is 97.8 cm³/mol. The highest BCUT2D eigenvalue weighted by Crippen LogP contribution is 2.40. The molecule has 2 aromatic carbocycles. The first kappa shape index (κ1) is 16.3. The van der Waals surface area contributed by atoms with Gasteiger partial charge in [0.05, 0.1) is 11.1 Å². The molecule has 0 aliphatic heterocycles. The number of fused-ring (bicyclic) bond motifs is 1. The number of ether oxygens (including phenoxy) is 1. The standard InChI is InChI=1S/C21H18N2O3/c22-20(24)15-7-5-13(6-8-15)12-26-21(25)17-11-19(14-9-10-14)23-18-4-2-1-3-16(17)18/h1-8,11,14H,9-10,12H2,(H2,22,24). The van der Waals surface area contributed by atoms with Crippen molar-refractivity contribution in [2.75, 3.05) is 0 Å². The van der Waals surface area contributed by atoms with Gasteiger partial charge in [0.25, 0.3) is 0 Å². The van der Waals surface area contributed by atoms with Gasteiger partial charge < -0.3 is 10.5 Å². The Balaban J connectivity index is 1.56. The van der Waals surface area contributed by atoms with E-state index >= 15 is 0 Å². The summed E-state index contributed by atoms with van der Waals surface area (Å²) in [5.41, 5.74) is 8.77. The number of esters is 1. The second kappa shape index (κ2) is 6.59. The van der Waals surface area contributed by atoms with Crippen molar-refractivity contribution in [3.05, 3.63) is 77.0 Å². The SMILES string of the molecule is NC(=O)c1ccc(COC(=O)c2cc(C3CC3)nc3ccccc23)cc1. The van der Waals surface area contributed by atoms with Crippen LogP contribution in [0, 0.1) is 0 Å². The molecule has 0 radical (unpaired) electrons. The van der Waals surface area contributed by atoms with Crippen molar-refractivity contribution in [2.45, 2.75) is 25.4 Å². The minimum Gasteiger partial charge on any atom is -0.457 e. The zero-order valence-electron chi connectivity index (χ0n) is 14.1. The van der Waals surface area contributed by atoms with Gasteiger partial charge in [-0.1, -0.05) is 30.3 Å². The number of para-hydroxylation sites is 1. The van der Waals surface area contributed by atoms with Gasteiger partial charge in [0, 0.05) is 22.6 Å². The lowest BCUT2D eigenvalue weighted by molar-refractivity contribution is 0.0474. The number of pyridine rings is 1. The summed E-state index contributed by atoms with van der Waals surface area (Å²) in [7, 11) is 0. The highest BCUT2D eigenvalue weighted by Gasteiger charge is 2.27. The Morgan fingerprint density at radius 2 is 1.81 bits per heavy atom. The molecule has 0 spiro atoms. The maximum atomic E-state index is 12.7. The molecule has 26 heavy (non-hydrogen) atoms. The summed E-state index contributed by atoms with van der Waals surface area (Å²) in [4.78, 5) is 28.5. The highest BCUT2D eigenvalue weighted by molar-refractivity contribution is 6.03. The van der Waals surface area contributed by atoms with Gasteiger partial charge in [0.15, 0.2) is 0 Å². The van der Waals surface area contributed by atoms with Gasteiger partial charge >= 0.3 is 5.97 Å². The second-order valence-electron chi connectivity index (χ2n) is 6.52. The summed E-state index contributed by atoms with van der Waals surface area (Å²) in [5, 5.41) is 0.797. The highest BCUT2D eigenvalue weighted by atomic mass is 16.5. The van der Waals surface area contributed by atoms with Gasteiger partial charge in [-0.3, -0.25) is 9.78 Å². The van der Waals surface area contributed by atoms with Crippen molar-refractivity contribution < 1.29 is 14.3 Å². The van der Waals surface area contributed by atoms with E-state index in [9.17, 15) is 9.59 Å². The van der Waals surface area contributed by atoms with Crippen LogP contribution < -0.4 is 5.73 Å². The summed E-state index contributed by atoms with van der Waals surface area (Å²) in [6.45, 7) is 0.132. The minimum absolute atomic E-state index is 0.132. The number of rotatable bonds is 5. The lowest BCUT2D eigenvalue weighted by atomic mass is 10.1. The fraction of sp³-hybridized carbons (Fsp3) is 0.190. The third-order valence-corrected chi connectivity index (χ3v) is 4.56. The van der Waals surface area contributed by atoms with Crippen molar-refractivity contribution >= 4 is 22.8 Å². The number of nitrogens with two attached hydrogens (primary N) is 1. The quantitative estimate of drug-likeness (QED) is 0.716. The summed E-state index contributed by atoms with van der Waals surface area (Å²) >= 11 is 0. The average Bonchev–Trinajstić information content (AvgIpc) is 3.51. The Hall–Kier alpha value is -3.21. The molecular weight excluding hydrogens is 328 g/mol. The molecule has 1 aliphatic carbocycles. The molecule has 0 saturated heterocycles. The molecule has 5 heteroatoms. The van der Waals surface area contributed by atoms with Crippen molar-refractivity contribution in [3.63, 3.8) is 0 Å². The van der Waals surface area contributed by atoms with Crippen molar-refractivity contribution in [2.24, 2.45) is 5.73 Å². The first-order valence-corrected chi connectivity index (χ1v) is 8.57. The number of hydrogen-bond donors (Lipinski definition) is 1. The third-order valence-electron chi connectivity index (χ3n) is 4.56. The van der Waals surface area contributed by atoms with E-state index in [1.54, 1.807) is 24.3 Å². The molecule has 0 unspecified atom stereocenters. The molecule has 1 fully saturated rings. The maximum Gasteiger partial charge on any atom is 0.339 e. The fourth-order valence-corrected chi connectivity index (χ4v) is 2.94. The minimum atomic E-state index is -0.482. The topological polar surface area (TPSA) is 82.3 Å². The molecule has 5 nitrogen and oxygen atoms in total. The van der Waals surface area contributed by atoms with Gasteiger partial charge in [-0.25, -0.2) is 4.79 Å². The molecule has 1 aromatic heterocycles. The number of nitrogens with zero attached hydrogens (tertiary/aromatic N) is 1. The van der Waals surface area contributed by atoms with Crippen LogP contribution in [0.15, 0.2) is 54.6 Å². The van der Waals surface area contributed by atoms with Crippen LogP contribution in [0.3, 0.4) is 0 Å². The summed E-state index contributed by atoms with van der Waals surface area (Å²) in [6, 6.07) is 16.2. The van der Waals surface area contributed by atoms with E-state index in [1.165, 1.54) is 0 Å². The van der Waals surface area contributed by atoms with Crippen LogP contribution in [0.5, 0.6) is 0 Å². The summed E-state index contributed by atoms with van der Waals surface area (Å²) in [6.07, 6.45) is 2.23. The van der Waals surface area contributed by atoms with Gasteiger partial charge in [-0.2, -0.15) is 0 Å². The summed E-state index contributed by atoms with van der Waals surface area (Å²) < 4.78 is 5.49. The van der Waals surface area contributed by atoms with E-state index in [0.29, 0.717) is 17.0 Å². The van der Waals surface area contributed by atoms with Crippen LogP contribution in [0.1, 0.15) is 50.7 Å². The van der Waals surface area contributed by atoms with Crippen LogP contribution in [-0.4, -0.2) is 16.9 Å². The lowest BCUT2D eigenvalue weighted by Crippen LogP contribution is -2.11. The van der Waals surface area contributed by atoms with E-state index in [2.05, 4.69) is 4.98 Å². The zero-order valence-corrected chi connectivity index (χ0v) is 14.1. The monoisotopic (exact) mass is 346 g/mol. The molecule has 1 heterocycles. The Labute approximate surface area is 150 Å². The second-order valence-corrected chi connectivity index (χ2v) is 6.52. The number of primary amides is 1. The summed E-state index contributed by atoms with van der Waals surface area (Å²) in [5.74, 6) is -0.401. The van der Waals surface area contributed by atoms with E-state index in [1.807, 2.05) is 30.3 Å². The lowest BCUT2D eigenvalue weighted by Gasteiger charge is -2.10. The maximum absolute atomic E-state index is 12.7. The smallest absolute Gasteiger partial charge is 0.339 e. The predicted octanol–water partition coefficient (Wildman–Crippen LogP) is 3.57.